The van der Waals surface area contributed by atoms with Crippen LogP contribution in [0, 0.1) is 0 Å². The van der Waals surface area contributed by atoms with Gasteiger partial charge in [-0.15, -0.1) is 0 Å². The minimum Gasteiger partial charge on any atom is -0.334 e. The van der Waals surface area contributed by atoms with Crippen LogP contribution in [0.2, 0.25) is 10.0 Å². The smallest absolute Gasteiger partial charge is 0.315 e. The molecule has 0 fully saturated rings. The Morgan fingerprint density at radius 3 is 2.74 bits per heavy atom. The zero-order valence-electron chi connectivity index (χ0n) is 14.7. The molecule has 0 aliphatic carbocycles. The van der Waals surface area contributed by atoms with Gasteiger partial charge < -0.3 is 10.6 Å². The molecule has 140 valence electrons. The number of carbonyl (C=O) groups is 1. The minimum absolute atomic E-state index is 0.242. The third-order valence-electron chi connectivity index (χ3n) is 4.03. The molecular weight excluding hydrogens is 385 g/mol. The molecule has 1 aromatic heterocycles. The lowest BCUT2D eigenvalue weighted by Crippen LogP contribution is -2.36. The molecule has 2 N–H and O–H groups in total. The summed E-state index contributed by atoms with van der Waals surface area (Å²) in [5.74, 6) is 0. The van der Waals surface area contributed by atoms with Gasteiger partial charge in [-0.1, -0.05) is 53.5 Å². The second-order valence-electron chi connectivity index (χ2n) is 6.13. The summed E-state index contributed by atoms with van der Waals surface area (Å²) in [4.78, 5) is 16.1. The van der Waals surface area contributed by atoms with E-state index in [1.165, 1.54) is 6.33 Å². The molecule has 0 aliphatic heterocycles. The van der Waals surface area contributed by atoms with Crippen LogP contribution in [0.3, 0.4) is 0 Å². The number of halogens is 2. The van der Waals surface area contributed by atoms with Crippen LogP contribution in [0.4, 0.5) is 4.79 Å². The zero-order valence-corrected chi connectivity index (χ0v) is 16.2. The van der Waals surface area contributed by atoms with Crippen molar-refractivity contribution >= 4 is 29.2 Å². The fourth-order valence-electron chi connectivity index (χ4n) is 2.70. The van der Waals surface area contributed by atoms with E-state index >= 15 is 0 Å². The molecule has 0 spiro atoms. The van der Waals surface area contributed by atoms with E-state index in [-0.39, 0.29) is 12.1 Å². The summed E-state index contributed by atoms with van der Waals surface area (Å²) in [5.41, 5.74) is 2.90. The number of rotatable bonds is 6. The van der Waals surface area contributed by atoms with Crippen LogP contribution in [0.1, 0.15) is 29.7 Å². The molecule has 0 radical (unpaired) electrons. The average molecular weight is 404 g/mol. The molecule has 1 heterocycles. The van der Waals surface area contributed by atoms with Crippen LogP contribution < -0.4 is 10.6 Å². The topological polar surface area (TPSA) is 71.8 Å². The first-order chi connectivity index (χ1) is 13.0. The highest BCUT2D eigenvalue weighted by Crippen LogP contribution is 2.25. The van der Waals surface area contributed by atoms with Gasteiger partial charge in [0.15, 0.2) is 0 Å². The van der Waals surface area contributed by atoms with Crippen molar-refractivity contribution < 1.29 is 4.79 Å². The lowest BCUT2D eigenvalue weighted by atomic mass is 10.1. The standard InChI is InChI=1S/C19H19Cl2N5O/c1-13(17-6-5-16(20)8-18(17)21)25-19(27)23-9-14-3-2-4-15(7-14)10-26-12-22-11-24-26/h2-8,11-13H,9-10H2,1H3,(H2,23,25,27). The van der Waals surface area contributed by atoms with Crippen molar-refractivity contribution in [3.05, 3.63) is 81.9 Å². The van der Waals surface area contributed by atoms with E-state index in [4.69, 9.17) is 23.2 Å². The Morgan fingerprint density at radius 1 is 1.19 bits per heavy atom. The molecule has 0 aliphatic rings. The van der Waals surface area contributed by atoms with Gasteiger partial charge in [-0.3, -0.25) is 0 Å². The summed E-state index contributed by atoms with van der Waals surface area (Å²) in [7, 11) is 0. The van der Waals surface area contributed by atoms with Gasteiger partial charge in [-0.2, -0.15) is 5.10 Å². The van der Waals surface area contributed by atoms with Gasteiger partial charge >= 0.3 is 6.03 Å². The molecule has 3 rings (SSSR count). The van der Waals surface area contributed by atoms with E-state index in [2.05, 4.69) is 20.7 Å². The molecule has 27 heavy (non-hydrogen) atoms. The van der Waals surface area contributed by atoms with Crippen LogP contribution in [0.15, 0.2) is 55.1 Å². The van der Waals surface area contributed by atoms with Crippen molar-refractivity contribution in [3.8, 4) is 0 Å². The number of hydrogen-bond acceptors (Lipinski definition) is 3. The Labute approximate surface area is 167 Å². The summed E-state index contributed by atoms with van der Waals surface area (Å²) in [5, 5.41) is 10.9. The fourth-order valence-corrected chi connectivity index (χ4v) is 3.27. The van der Waals surface area contributed by atoms with Crippen LogP contribution >= 0.6 is 23.2 Å². The summed E-state index contributed by atoms with van der Waals surface area (Å²) in [6, 6.07) is 12.7. The van der Waals surface area contributed by atoms with E-state index in [9.17, 15) is 4.79 Å². The van der Waals surface area contributed by atoms with Gasteiger partial charge in [0, 0.05) is 16.6 Å². The maximum absolute atomic E-state index is 12.2. The first-order valence-corrected chi connectivity index (χ1v) is 9.16. The van der Waals surface area contributed by atoms with E-state index in [1.807, 2.05) is 37.3 Å². The lowest BCUT2D eigenvalue weighted by Gasteiger charge is -2.16. The van der Waals surface area contributed by atoms with Crippen molar-refractivity contribution in [2.24, 2.45) is 0 Å². The molecule has 2 aromatic carbocycles. The summed E-state index contributed by atoms with van der Waals surface area (Å²) >= 11 is 12.1. The van der Waals surface area contributed by atoms with Gasteiger partial charge in [0.25, 0.3) is 0 Å². The number of benzene rings is 2. The molecule has 3 aromatic rings. The lowest BCUT2D eigenvalue weighted by molar-refractivity contribution is 0.237. The summed E-state index contributed by atoms with van der Waals surface area (Å²) in [6.45, 7) is 2.91. The van der Waals surface area contributed by atoms with Crippen molar-refractivity contribution in [3.63, 3.8) is 0 Å². The van der Waals surface area contributed by atoms with E-state index in [1.54, 1.807) is 23.1 Å². The van der Waals surface area contributed by atoms with Crippen LogP contribution in [-0.4, -0.2) is 20.8 Å². The van der Waals surface area contributed by atoms with E-state index in [0.717, 1.165) is 16.7 Å². The number of amides is 2. The SMILES string of the molecule is CC(NC(=O)NCc1cccc(Cn2cncn2)c1)c1ccc(Cl)cc1Cl. The van der Waals surface area contributed by atoms with Gasteiger partial charge in [-0.25, -0.2) is 14.5 Å². The molecule has 0 bridgehead atoms. The minimum atomic E-state index is -0.268. The third kappa shape index (κ3) is 5.45. The molecule has 8 heteroatoms. The largest absolute Gasteiger partial charge is 0.334 e. The Hall–Kier alpha value is -2.57. The number of nitrogens with one attached hydrogen (secondary N) is 2. The monoisotopic (exact) mass is 403 g/mol. The Kier molecular flexibility index (Phi) is 6.32. The third-order valence-corrected chi connectivity index (χ3v) is 4.59. The summed E-state index contributed by atoms with van der Waals surface area (Å²) < 4.78 is 1.75. The predicted molar refractivity (Wildman–Crippen MR) is 106 cm³/mol. The average Bonchev–Trinajstić information content (AvgIpc) is 3.13. The Morgan fingerprint density at radius 2 is 2.00 bits per heavy atom. The van der Waals surface area contributed by atoms with Gasteiger partial charge in [0.2, 0.25) is 0 Å². The van der Waals surface area contributed by atoms with E-state index in [0.29, 0.717) is 23.1 Å². The van der Waals surface area contributed by atoms with Crippen LogP contribution in [-0.2, 0) is 13.1 Å². The number of hydrogen-bond donors (Lipinski definition) is 2. The van der Waals surface area contributed by atoms with Crippen LogP contribution in [0.5, 0.6) is 0 Å². The zero-order chi connectivity index (χ0) is 19.2. The molecule has 2 amide bonds. The molecule has 6 nitrogen and oxygen atoms in total. The number of carbonyl (C=O) groups excluding carboxylic acids is 1. The van der Waals surface area contributed by atoms with Gasteiger partial charge in [-0.05, 0) is 35.7 Å². The first-order valence-electron chi connectivity index (χ1n) is 8.41. The summed E-state index contributed by atoms with van der Waals surface area (Å²) in [6.07, 6.45) is 3.17. The molecular formula is C19H19Cl2N5O. The molecule has 1 unspecified atom stereocenters. The second-order valence-corrected chi connectivity index (χ2v) is 6.97. The van der Waals surface area contributed by atoms with Crippen molar-refractivity contribution in [2.75, 3.05) is 0 Å². The van der Waals surface area contributed by atoms with Gasteiger partial charge in [0.1, 0.15) is 12.7 Å². The Balaban J connectivity index is 1.54. The molecule has 0 saturated heterocycles. The highest BCUT2D eigenvalue weighted by molar-refractivity contribution is 6.35. The maximum Gasteiger partial charge on any atom is 0.315 e. The normalized spacial score (nSPS) is 11.8. The maximum atomic E-state index is 12.2. The number of urea groups is 1. The number of aromatic nitrogens is 3. The van der Waals surface area contributed by atoms with Gasteiger partial charge in [0.05, 0.1) is 12.6 Å². The highest BCUT2D eigenvalue weighted by atomic mass is 35.5. The Bertz CT molecular complexity index is 914. The van der Waals surface area contributed by atoms with Crippen molar-refractivity contribution in [2.45, 2.75) is 26.1 Å². The first kappa shape index (κ1) is 19.2. The van der Waals surface area contributed by atoms with Crippen molar-refractivity contribution in [1.29, 1.82) is 0 Å². The molecule has 0 saturated carbocycles. The number of nitrogens with zero attached hydrogens (tertiary/aromatic N) is 3. The van der Waals surface area contributed by atoms with E-state index < -0.39 is 0 Å². The van der Waals surface area contributed by atoms with Crippen molar-refractivity contribution in [1.82, 2.24) is 25.4 Å². The fraction of sp³-hybridized carbons (Fsp3) is 0.211. The predicted octanol–water partition coefficient (Wildman–Crippen LogP) is 4.19. The quantitative estimate of drug-likeness (QED) is 0.647. The molecule has 1 atom stereocenters. The highest BCUT2D eigenvalue weighted by Gasteiger charge is 2.12. The van der Waals surface area contributed by atoms with Crippen LogP contribution in [0.25, 0.3) is 0 Å². The second kappa shape index (κ2) is 8.88.